The van der Waals surface area contributed by atoms with Gasteiger partial charge < -0.3 is 20.7 Å². The van der Waals surface area contributed by atoms with Gasteiger partial charge in [-0.2, -0.15) is 0 Å². The van der Waals surface area contributed by atoms with E-state index in [4.69, 9.17) is 10.5 Å². The predicted octanol–water partition coefficient (Wildman–Crippen LogP) is 4.27. The Morgan fingerprint density at radius 1 is 1.22 bits per heavy atom. The van der Waals surface area contributed by atoms with Gasteiger partial charge >= 0.3 is 0 Å². The van der Waals surface area contributed by atoms with E-state index in [2.05, 4.69) is 20.2 Å². The molecule has 9 heteroatoms. The van der Waals surface area contributed by atoms with Gasteiger partial charge in [-0.15, -0.1) is 0 Å². The van der Waals surface area contributed by atoms with Crippen molar-refractivity contribution in [2.75, 3.05) is 29.9 Å². The van der Waals surface area contributed by atoms with Gasteiger partial charge in [0.1, 0.15) is 23.2 Å². The molecular formula is C23H24F3N5O. The largest absolute Gasteiger partial charge is 0.491 e. The topological polar surface area (TPSA) is 76.3 Å². The summed E-state index contributed by atoms with van der Waals surface area (Å²) in [6, 6.07) is 5.57. The highest BCUT2D eigenvalue weighted by molar-refractivity contribution is 5.97. The summed E-state index contributed by atoms with van der Waals surface area (Å²) in [4.78, 5) is 11.4. The van der Waals surface area contributed by atoms with Crippen molar-refractivity contribution in [2.24, 2.45) is 5.73 Å². The third-order valence-corrected chi connectivity index (χ3v) is 6.09. The smallest absolute Gasteiger partial charge is 0.266 e. The van der Waals surface area contributed by atoms with Crippen molar-refractivity contribution in [3.8, 4) is 5.75 Å². The van der Waals surface area contributed by atoms with E-state index in [-0.39, 0.29) is 11.6 Å². The van der Waals surface area contributed by atoms with Gasteiger partial charge in [-0.1, -0.05) is 18.2 Å². The zero-order valence-electron chi connectivity index (χ0n) is 17.8. The molecule has 6 nitrogen and oxygen atoms in total. The summed E-state index contributed by atoms with van der Waals surface area (Å²) in [5, 5.41) is 4.02. The first-order chi connectivity index (χ1) is 15.3. The van der Waals surface area contributed by atoms with E-state index in [1.165, 1.54) is 12.1 Å². The Bertz CT molecular complexity index is 1200. The zero-order chi connectivity index (χ0) is 22.6. The first kappa shape index (κ1) is 20.8. The molecule has 0 saturated carbocycles. The first-order valence-corrected chi connectivity index (χ1v) is 10.6. The fourth-order valence-electron chi connectivity index (χ4n) is 4.47. The van der Waals surface area contributed by atoms with Crippen molar-refractivity contribution in [2.45, 2.75) is 38.8 Å². The summed E-state index contributed by atoms with van der Waals surface area (Å²) in [6.45, 7) is 5.56. The number of nitrogens with one attached hydrogen (secondary N) is 1. The minimum atomic E-state index is -2.88. The number of aromatic nitrogens is 2. The third-order valence-electron chi connectivity index (χ3n) is 6.09. The Morgan fingerprint density at radius 3 is 2.69 bits per heavy atom. The van der Waals surface area contributed by atoms with E-state index in [1.54, 1.807) is 13.8 Å². The number of alkyl halides is 2. The van der Waals surface area contributed by atoms with Crippen molar-refractivity contribution in [1.82, 2.24) is 9.97 Å². The Morgan fingerprint density at radius 2 is 1.97 bits per heavy atom. The van der Waals surface area contributed by atoms with Gasteiger partial charge in [0.2, 0.25) is 0 Å². The van der Waals surface area contributed by atoms with E-state index in [0.29, 0.717) is 18.2 Å². The molecule has 2 aliphatic heterocycles. The van der Waals surface area contributed by atoms with Crippen molar-refractivity contribution < 1.29 is 17.9 Å². The fraction of sp³-hybridized carbons (Fsp3) is 0.391. The van der Waals surface area contributed by atoms with Gasteiger partial charge in [-0.05, 0) is 19.9 Å². The van der Waals surface area contributed by atoms with Crippen LogP contribution < -0.4 is 20.7 Å². The minimum Gasteiger partial charge on any atom is -0.491 e. The predicted molar refractivity (Wildman–Crippen MR) is 117 cm³/mol. The van der Waals surface area contributed by atoms with Gasteiger partial charge in [0, 0.05) is 42.1 Å². The SMILES string of the molecule is Cc1nc(NC(C)c2cccc(C(F)F)c2F)c2cc(N3CC(N)C3)c3c(c2n1)CCO3. The summed E-state index contributed by atoms with van der Waals surface area (Å²) in [5.74, 6) is 1.02. The molecule has 3 aromatic rings. The average Bonchev–Trinajstić information content (AvgIpc) is 3.21. The summed E-state index contributed by atoms with van der Waals surface area (Å²) < 4.78 is 47.0. The molecule has 1 aromatic heterocycles. The van der Waals surface area contributed by atoms with Crippen LogP contribution in [0.1, 0.15) is 41.9 Å². The van der Waals surface area contributed by atoms with Crippen LogP contribution in [0.2, 0.25) is 0 Å². The molecule has 0 spiro atoms. The molecule has 1 fully saturated rings. The van der Waals surface area contributed by atoms with E-state index >= 15 is 0 Å². The quantitative estimate of drug-likeness (QED) is 0.613. The van der Waals surface area contributed by atoms with Gasteiger partial charge in [0.25, 0.3) is 6.43 Å². The molecule has 3 N–H and O–H groups in total. The number of nitrogens with zero attached hydrogens (tertiary/aromatic N) is 3. The van der Waals surface area contributed by atoms with E-state index < -0.39 is 23.8 Å². The number of hydrogen-bond donors (Lipinski definition) is 2. The van der Waals surface area contributed by atoms with Gasteiger partial charge in [0.05, 0.1) is 29.4 Å². The van der Waals surface area contributed by atoms with Crippen LogP contribution in [0.4, 0.5) is 24.7 Å². The number of aryl methyl sites for hydroxylation is 1. The molecule has 5 rings (SSSR count). The molecule has 1 saturated heterocycles. The molecule has 2 aliphatic rings. The number of nitrogens with two attached hydrogens (primary N) is 1. The Balaban J connectivity index is 1.59. The second-order valence-electron chi connectivity index (χ2n) is 8.40. The number of fused-ring (bicyclic) bond motifs is 3. The number of benzene rings is 2. The highest BCUT2D eigenvalue weighted by Crippen LogP contribution is 2.44. The normalized spacial score (nSPS) is 16.8. The van der Waals surface area contributed by atoms with E-state index in [9.17, 15) is 13.2 Å². The van der Waals surface area contributed by atoms with Crippen molar-refractivity contribution in [3.05, 3.63) is 52.6 Å². The number of halogens is 3. The third kappa shape index (κ3) is 3.40. The van der Waals surface area contributed by atoms with Crippen LogP contribution in [0.5, 0.6) is 5.75 Å². The molecule has 0 aliphatic carbocycles. The Kier molecular flexibility index (Phi) is 5.08. The molecule has 0 bridgehead atoms. The lowest BCUT2D eigenvalue weighted by Gasteiger charge is -2.39. The molecule has 32 heavy (non-hydrogen) atoms. The van der Waals surface area contributed by atoms with Crippen molar-refractivity contribution in [1.29, 1.82) is 0 Å². The molecule has 0 amide bonds. The van der Waals surface area contributed by atoms with Crippen LogP contribution in [-0.4, -0.2) is 35.7 Å². The number of hydrogen-bond acceptors (Lipinski definition) is 6. The Hall–Kier alpha value is -3.07. The van der Waals surface area contributed by atoms with Crippen molar-refractivity contribution in [3.63, 3.8) is 0 Å². The highest BCUT2D eigenvalue weighted by atomic mass is 19.3. The van der Waals surface area contributed by atoms with E-state index in [0.717, 1.165) is 53.5 Å². The number of anilines is 2. The standard InChI is InChI=1S/C23H24F3N5O/c1-11(14-4-3-5-15(19(14)24)22(25)26)28-23-17-8-18(31-9-13(27)10-31)21-16(6-7-32-21)20(17)29-12(2)30-23/h3-5,8,11,13,22H,6-7,9-10,27H2,1-2H3,(H,28,29,30). The maximum absolute atomic E-state index is 14.7. The van der Waals surface area contributed by atoms with Crippen LogP contribution in [0, 0.1) is 12.7 Å². The highest BCUT2D eigenvalue weighted by Gasteiger charge is 2.31. The summed E-state index contributed by atoms with van der Waals surface area (Å²) >= 11 is 0. The molecule has 1 atom stereocenters. The first-order valence-electron chi connectivity index (χ1n) is 10.6. The lowest BCUT2D eigenvalue weighted by molar-refractivity contribution is 0.146. The monoisotopic (exact) mass is 443 g/mol. The average molecular weight is 443 g/mol. The van der Waals surface area contributed by atoms with Crippen LogP contribution >= 0.6 is 0 Å². The fourth-order valence-corrected chi connectivity index (χ4v) is 4.47. The maximum Gasteiger partial charge on any atom is 0.266 e. The maximum atomic E-state index is 14.7. The second kappa shape index (κ2) is 7.81. The summed E-state index contributed by atoms with van der Waals surface area (Å²) in [5.41, 5.74) is 8.29. The molecular weight excluding hydrogens is 419 g/mol. The number of ether oxygens (including phenoxy) is 1. The van der Waals surface area contributed by atoms with Crippen LogP contribution in [0.3, 0.4) is 0 Å². The van der Waals surface area contributed by atoms with Gasteiger partial charge in [-0.3, -0.25) is 0 Å². The van der Waals surface area contributed by atoms with Crippen LogP contribution in [0.25, 0.3) is 10.9 Å². The van der Waals surface area contributed by atoms with E-state index in [1.807, 2.05) is 6.07 Å². The summed E-state index contributed by atoms with van der Waals surface area (Å²) in [6.07, 6.45) is -2.15. The zero-order valence-corrected chi connectivity index (χ0v) is 17.8. The number of rotatable bonds is 5. The van der Waals surface area contributed by atoms with Crippen LogP contribution in [-0.2, 0) is 6.42 Å². The van der Waals surface area contributed by atoms with Gasteiger partial charge in [0.15, 0.2) is 0 Å². The van der Waals surface area contributed by atoms with Gasteiger partial charge in [-0.25, -0.2) is 23.1 Å². The lowest BCUT2D eigenvalue weighted by Crippen LogP contribution is -2.55. The Labute approximate surface area is 183 Å². The minimum absolute atomic E-state index is 0.125. The molecule has 3 heterocycles. The molecule has 2 aromatic carbocycles. The molecule has 168 valence electrons. The van der Waals surface area contributed by atoms with Crippen LogP contribution in [0.15, 0.2) is 24.3 Å². The van der Waals surface area contributed by atoms with Crippen molar-refractivity contribution >= 4 is 22.4 Å². The molecule has 1 unspecified atom stereocenters. The second-order valence-corrected chi connectivity index (χ2v) is 8.40. The summed E-state index contributed by atoms with van der Waals surface area (Å²) in [7, 11) is 0. The lowest BCUT2D eigenvalue weighted by atomic mass is 10.0. The molecule has 0 radical (unpaired) electrons.